The third kappa shape index (κ3) is 5.07. The standard InChI is InChI=1S/C18H20FNO3/c1-12(10-17(22)13-6-8-15(19)9-7-13)20-18(23)11-14-4-2-3-5-16(14)21/h2-9,12,17,21-22H,10-11H2,1H3,(H,20,23). The number of phenolic OH excluding ortho intramolecular Hbond substituents is 1. The molecule has 5 heteroatoms. The number of benzene rings is 2. The predicted molar refractivity (Wildman–Crippen MR) is 85.4 cm³/mol. The highest BCUT2D eigenvalue weighted by Gasteiger charge is 2.15. The Kier molecular flexibility index (Phi) is 5.71. The van der Waals surface area contributed by atoms with E-state index < -0.39 is 6.10 Å². The van der Waals surface area contributed by atoms with Crippen molar-refractivity contribution in [3.05, 3.63) is 65.5 Å². The molecular formula is C18H20FNO3. The number of aliphatic hydroxyl groups is 1. The maximum absolute atomic E-state index is 12.9. The number of hydrogen-bond acceptors (Lipinski definition) is 3. The molecule has 0 aliphatic heterocycles. The van der Waals surface area contributed by atoms with Crippen LogP contribution in [0.3, 0.4) is 0 Å². The maximum atomic E-state index is 12.9. The summed E-state index contributed by atoms with van der Waals surface area (Å²) in [4.78, 5) is 12.0. The fourth-order valence-corrected chi connectivity index (χ4v) is 2.37. The minimum Gasteiger partial charge on any atom is -0.508 e. The Morgan fingerprint density at radius 3 is 2.48 bits per heavy atom. The van der Waals surface area contributed by atoms with E-state index in [0.717, 1.165) is 0 Å². The van der Waals surface area contributed by atoms with Crippen LogP contribution < -0.4 is 5.32 Å². The summed E-state index contributed by atoms with van der Waals surface area (Å²) in [7, 11) is 0. The Bertz CT molecular complexity index is 658. The zero-order chi connectivity index (χ0) is 16.8. The van der Waals surface area contributed by atoms with Crippen LogP contribution >= 0.6 is 0 Å². The first-order chi connectivity index (χ1) is 11.0. The summed E-state index contributed by atoms with van der Waals surface area (Å²) in [6, 6.07) is 12.0. The first-order valence-corrected chi connectivity index (χ1v) is 7.45. The number of phenols is 1. The molecule has 3 N–H and O–H groups in total. The van der Waals surface area contributed by atoms with Crippen LogP contribution in [0.5, 0.6) is 5.75 Å². The van der Waals surface area contributed by atoms with Gasteiger partial charge in [0.15, 0.2) is 0 Å². The van der Waals surface area contributed by atoms with Gasteiger partial charge in [-0.15, -0.1) is 0 Å². The summed E-state index contributed by atoms with van der Waals surface area (Å²) >= 11 is 0. The van der Waals surface area contributed by atoms with Gasteiger partial charge in [0.2, 0.25) is 5.91 Å². The Morgan fingerprint density at radius 2 is 1.83 bits per heavy atom. The first kappa shape index (κ1) is 17.0. The van der Waals surface area contributed by atoms with E-state index in [9.17, 15) is 19.4 Å². The van der Waals surface area contributed by atoms with E-state index in [1.54, 1.807) is 25.1 Å². The molecule has 122 valence electrons. The Hall–Kier alpha value is -2.40. The van der Waals surface area contributed by atoms with Gasteiger partial charge < -0.3 is 15.5 Å². The van der Waals surface area contributed by atoms with Crippen molar-refractivity contribution in [1.82, 2.24) is 5.32 Å². The van der Waals surface area contributed by atoms with Crippen LogP contribution in [0.2, 0.25) is 0 Å². The second kappa shape index (κ2) is 7.74. The SMILES string of the molecule is CC(CC(O)c1ccc(F)cc1)NC(=O)Cc1ccccc1O. The number of halogens is 1. The fourth-order valence-electron chi connectivity index (χ4n) is 2.37. The first-order valence-electron chi connectivity index (χ1n) is 7.45. The lowest BCUT2D eigenvalue weighted by Crippen LogP contribution is -2.34. The highest BCUT2D eigenvalue weighted by atomic mass is 19.1. The van der Waals surface area contributed by atoms with Gasteiger partial charge in [-0.25, -0.2) is 4.39 Å². The molecule has 0 fully saturated rings. The quantitative estimate of drug-likeness (QED) is 0.767. The van der Waals surface area contributed by atoms with E-state index in [4.69, 9.17) is 0 Å². The van der Waals surface area contributed by atoms with Crippen LogP contribution in [0.4, 0.5) is 4.39 Å². The van der Waals surface area contributed by atoms with Crippen molar-refractivity contribution in [3.8, 4) is 5.75 Å². The molecule has 2 atom stereocenters. The monoisotopic (exact) mass is 317 g/mol. The molecule has 0 aliphatic rings. The summed E-state index contributed by atoms with van der Waals surface area (Å²) in [6.45, 7) is 1.79. The minimum atomic E-state index is -0.781. The van der Waals surface area contributed by atoms with E-state index in [2.05, 4.69) is 5.32 Å². The Morgan fingerprint density at radius 1 is 1.17 bits per heavy atom. The summed E-state index contributed by atoms with van der Waals surface area (Å²) in [5.41, 5.74) is 1.16. The zero-order valence-corrected chi connectivity index (χ0v) is 12.9. The molecule has 0 saturated heterocycles. The largest absolute Gasteiger partial charge is 0.508 e. The molecule has 0 saturated carbocycles. The third-order valence-electron chi connectivity index (χ3n) is 3.58. The Labute approximate surface area is 134 Å². The number of carbonyl (C=O) groups is 1. The van der Waals surface area contributed by atoms with Crippen molar-refractivity contribution in [2.24, 2.45) is 0 Å². The van der Waals surface area contributed by atoms with E-state index in [1.807, 2.05) is 0 Å². The lowest BCUT2D eigenvalue weighted by molar-refractivity contribution is -0.121. The molecule has 2 rings (SSSR count). The van der Waals surface area contributed by atoms with Crippen molar-refractivity contribution >= 4 is 5.91 Å². The van der Waals surface area contributed by atoms with Gasteiger partial charge in [-0.05, 0) is 37.1 Å². The number of aliphatic hydroxyl groups excluding tert-OH is 1. The molecule has 4 nitrogen and oxygen atoms in total. The molecule has 0 heterocycles. The van der Waals surface area contributed by atoms with Gasteiger partial charge in [0.25, 0.3) is 0 Å². The zero-order valence-electron chi connectivity index (χ0n) is 12.9. The number of para-hydroxylation sites is 1. The molecular weight excluding hydrogens is 297 g/mol. The lowest BCUT2D eigenvalue weighted by atomic mass is 10.0. The number of rotatable bonds is 6. The van der Waals surface area contributed by atoms with E-state index >= 15 is 0 Å². The molecule has 0 aliphatic carbocycles. The average molecular weight is 317 g/mol. The highest BCUT2D eigenvalue weighted by Crippen LogP contribution is 2.19. The number of aromatic hydroxyl groups is 1. The minimum absolute atomic E-state index is 0.0731. The van der Waals surface area contributed by atoms with Crippen LogP contribution in [0.15, 0.2) is 48.5 Å². The highest BCUT2D eigenvalue weighted by molar-refractivity contribution is 5.79. The van der Waals surface area contributed by atoms with Gasteiger partial charge in [-0.1, -0.05) is 30.3 Å². The van der Waals surface area contributed by atoms with Gasteiger partial charge in [-0.3, -0.25) is 4.79 Å². The summed E-state index contributed by atoms with van der Waals surface area (Å²) in [5.74, 6) is -0.503. The van der Waals surface area contributed by atoms with Gasteiger partial charge in [-0.2, -0.15) is 0 Å². The lowest BCUT2D eigenvalue weighted by Gasteiger charge is -2.18. The summed E-state index contributed by atoms with van der Waals surface area (Å²) in [5, 5.41) is 22.6. The summed E-state index contributed by atoms with van der Waals surface area (Å²) < 4.78 is 12.9. The molecule has 0 bridgehead atoms. The fraction of sp³-hybridized carbons (Fsp3) is 0.278. The van der Waals surface area contributed by atoms with Crippen molar-refractivity contribution in [3.63, 3.8) is 0 Å². The molecule has 23 heavy (non-hydrogen) atoms. The molecule has 2 aromatic carbocycles. The van der Waals surface area contributed by atoms with Crippen molar-refractivity contribution in [1.29, 1.82) is 0 Å². The summed E-state index contributed by atoms with van der Waals surface area (Å²) in [6.07, 6.45) is -0.391. The number of carbonyl (C=O) groups excluding carboxylic acids is 1. The predicted octanol–water partition coefficient (Wildman–Crippen LogP) is 2.70. The van der Waals surface area contributed by atoms with E-state index in [-0.39, 0.29) is 29.9 Å². The normalized spacial score (nSPS) is 13.3. The number of amides is 1. The van der Waals surface area contributed by atoms with Crippen LogP contribution in [-0.4, -0.2) is 22.2 Å². The van der Waals surface area contributed by atoms with Crippen molar-refractivity contribution < 1.29 is 19.4 Å². The van der Waals surface area contributed by atoms with Gasteiger partial charge in [0.1, 0.15) is 11.6 Å². The Balaban J connectivity index is 1.86. The van der Waals surface area contributed by atoms with Crippen molar-refractivity contribution in [2.75, 3.05) is 0 Å². The number of nitrogens with one attached hydrogen (secondary N) is 1. The topological polar surface area (TPSA) is 69.6 Å². The second-order valence-corrected chi connectivity index (χ2v) is 5.58. The van der Waals surface area contributed by atoms with Crippen LogP contribution in [0.25, 0.3) is 0 Å². The van der Waals surface area contributed by atoms with Gasteiger partial charge in [0, 0.05) is 11.6 Å². The maximum Gasteiger partial charge on any atom is 0.224 e. The molecule has 0 radical (unpaired) electrons. The molecule has 0 spiro atoms. The molecule has 0 aromatic heterocycles. The van der Waals surface area contributed by atoms with Crippen molar-refractivity contribution in [2.45, 2.75) is 31.9 Å². The number of hydrogen-bond donors (Lipinski definition) is 3. The molecule has 1 amide bonds. The average Bonchev–Trinajstić information content (AvgIpc) is 2.50. The molecule has 2 aromatic rings. The third-order valence-corrected chi connectivity index (χ3v) is 3.58. The van der Waals surface area contributed by atoms with Gasteiger partial charge >= 0.3 is 0 Å². The van der Waals surface area contributed by atoms with E-state index in [1.165, 1.54) is 30.3 Å². The smallest absolute Gasteiger partial charge is 0.224 e. The molecule has 2 unspecified atom stereocenters. The van der Waals surface area contributed by atoms with Crippen LogP contribution in [-0.2, 0) is 11.2 Å². The van der Waals surface area contributed by atoms with Gasteiger partial charge in [0.05, 0.1) is 12.5 Å². The van der Waals surface area contributed by atoms with Crippen LogP contribution in [0.1, 0.15) is 30.6 Å². The second-order valence-electron chi connectivity index (χ2n) is 5.58. The van der Waals surface area contributed by atoms with E-state index in [0.29, 0.717) is 17.5 Å². The van der Waals surface area contributed by atoms with Crippen LogP contribution in [0, 0.1) is 5.82 Å².